The Balaban J connectivity index is 1.36. The molecule has 1 aliphatic heterocycles. The maximum absolute atomic E-state index is 13.4. The number of benzene rings is 5. The van der Waals surface area contributed by atoms with Gasteiger partial charge in [0.2, 0.25) is 0 Å². The summed E-state index contributed by atoms with van der Waals surface area (Å²) in [5, 5.41) is 6.44. The van der Waals surface area contributed by atoms with E-state index >= 15 is 0 Å². The van der Waals surface area contributed by atoms with E-state index < -0.39 is 11.5 Å². The molecule has 0 unspecified atom stereocenters. The fourth-order valence-corrected chi connectivity index (χ4v) is 5.77. The van der Waals surface area contributed by atoms with Gasteiger partial charge in [-0.1, -0.05) is 109 Å². The molecule has 0 fully saturated rings. The van der Waals surface area contributed by atoms with Crippen molar-refractivity contribution in [3.05, 3.63) is 167 Å². The quantitative estimate of drug-likeness (QED) is 0.129. The Labute approximate surface area is 257 Å². The highest BCUT2D eigenvalue weighted by molar-refractivity contribution is 6.37. The van der Waals surface area contributed by atoms with Gasteiger partial charge < -0.3 is 21.1 Å². The predicted molar refractivity (Wildman–Crippen MR) is 176 cm³/mol. The van der Waals surface area contributed by atoms with E-state index in [-0.39, 0.29) is 5.91 Å². The number of hydrogen-bond acceptors (Lipinski definition) is 5. The molecule has 5 aromatic carbocycles. The molecular weight excluding hydrogens is 546 g/mol. The SMILES string of the molecule is COC(=O)c1ccc2c(c1)NC(=O)/C2=C(\Nc1ccc(C(N)(Cc2ccccc2)Cc2ccccc2)cc1)c1ccccc1. The van der Waals surface area contributed by atoms with Crippen LogP contribution in [0.4, 0.5) is 11.4 Å². The first kappa shape index (κ1) is 28.6. The molecule has 44 heavy (non-hydrogen) atoms. The summed E-state index contributed by atoms with van der Waals surface area (Å²) in [7, 11) is 1.33. The van der Waals surface area contributed by atoms with Crippen LogP contribution in [0.25, 0.3) is 11.3 Å². The molecule has 5 aromatic rings. The lowest BCUT2D eigenvalue weighted by Crippen LogP contribution is -2.41. The van der Waals surface area contributed by atoms with Crippen molar-refractivity contribution in [1.82, 2.24) is 0 Å². The summed E-state index contributed by atoms with van der Waals surface area (Å²) in [5.74, 6) is -0.715. The van der Waals surface area contributed by atoms with Gasteiger partial charge in [0.15, 0.2) is 0 Å². The van der Waals surface area contributed by atoms with Crippen LogP contribution in [0.2, 0.25) is 0 Å². The number of nitrogens with two attached hydrogens (primary N) is 1. The lowest BCUT2D eigenvalue weighted by Gasteiger charge is -2.31. The summed E-state index contributed by atoms with van der Waals surface area (Å²) in [4.78, 5) is 25.5. The van der Waals surface area contributed by atoms with E-state index in [0.717, 1.165) is 16.8 Å². The number of fused-ring (bicyclic) bond motifs is 1. The fourth-order valence-electron chi connectivity index (χ4n) is 5.77. The van der Waals surface area contributed by atoms with Crippen molar-refractivity contribution in [2.45, 2.75) is 18.4 Å². The molecule has 1 aliphatic rings. The van der Waals surface area contributed by atoms with E-state index in [1.165, 1.54) is 18.2 Å². The van der Waals surface area contributed by atoms with Gasteiger partial charge >= 0.3 is 5.97 Å². The predicted octanol–water partition coefficient (Wildman–Crippen LogP) is 7.05. The Morgan fingerprint density at radius 2 is 1.32 bits per heavy atom. The summed E-state index contributed by atoms with van der Waals surface area (Å²) in [6, 6.07) is 43.6. The highest BCUT2D eigenvalue weighted by Gasteiger charge is 2.31. The molecule has 6 heteroatoms. The van der Waals surface area contributed by atoms with Crippen LogP contribution in [0.3, 0.4) is 0 Å². The number of hydrogen-bond donors (Lipinski definition) is 3. The molecule has 0 radical (unpaired) electrons. The van der Waals surface area contributed by atoms with Crippen LogP contribution in [-0.4, -0.2) is 19.0 Å². The molecule has 0 saturated carbocycles. The van der Waals surface area contributed by atoms with Crippen LogP contribution in [0.15, 0.2) is 133 Å². The molecule has 0 aliphatic carbocycles. The van der Waals surface area contributed by atoms with Gasteiger partial charge in [0, 0.05) is 16.8 Å². The summed E-state index contributed by atoms with van der Waals surface area (Å²) in [6.45, 7) is 0. The number of anilines is 2. The zero-order valence-corrected chi connectivity index (χ0v) is 24.4. The standard InChI is InChI=1S/C38H33N3O3/c1-44-37(43)29-17-22-32-33(23-29)41-36(42)34(32)35(28-15-9-4-10-16-28)40-31-20-18-30(19-21-31)38(39,24-26-11-5-2-6-12-26)25-27-13-7-3-8-14-27/h2-23,40H,24-25,39H2,1H3,(H,41,42)/b35-34-. The average Bonchev–Trinajstić information content (AvgIpc) is 3.39. The molecule has 6 nitrogen and oxygen atoms in total. The molecule has 0 saturated heterocycles. The van der Waals surface area contributed by atoms with E-state index in [1.54, 1.807) is 18.2 Å². The summed E-state index contributed by atoms with van der Waals surface area (Å²) in [6.07, 6.45) is 1.36. The second-order valence-corrected chi connectivity index (χ2v) is 11.0. The van der Waals surface area contributed by atoms with Crippen molar-refractivity contribution in [1.29, 1.82) is 0 Å². The second kappa shape index (κ2) is 12.4. The van der Waals surface area contributed by atoms with E-state index in [4.69, 9.17) is 10.5 Å². The molecule has 4 N–H and O–H groups in total. The molecule has 0 atom stereocenters. The number of amides is 1. The molecule has 0 bridgehead atoms. The average molecular weight is 580 g/mol. The van der Waals surface area contributed by atoms with E-state index in [9.17, 15) is 9.59 Å². The number of methoxy groups -OCH3 is 1. The summed E-state index contributed by atoms with van der Waals surface area (Å²) >= 11 is 0. The van der Waals surface area contributed by atoms with Crippen LogP contribution in [0, 0.1) is 0 Å². The Morgan fingerprint density at radius 3 is 1.89 bits per heavy atom. The third-order valence-corrected chi connectivity index (χ3v) is 7.95. The molecule has 0 spiro atoms. The van der Waals surface area contributed by atoms with E-state index in [2.05, 4.69) is 47.0 Å². The van der Waals surface area contributed by atoms with Gasteiger partial charge in [-0.3, -0.25) is 4.79 Å². The Morgan fingerprint density at radius 1 is 0.750 bits per heavy atom. The molecular formula is C38H33N3O3. The zero-order chi connectivity index (χ0) is 30.5. The number of carbonyl (C=O) groups excluding carboxylic acids is 2. The topological polar surface area (TPSA) is 93.4 Å². The monoisotopic (exact) mass is 579 g/mol. The Hall–Kier alpha value is -5.46. The second-order valence-electron chi connectivity index (χ2n) is 11.0. The lowest BCUT2D eigenvalue weighted by molar-refractivity contribution is -0.110. The van der Waals surface area contributed by atoms with Gasteiger partial charge in [0.1, 0.15) is 0 Å². The van der Waals surface area contributed by atoms with E-state index in [1.807, 2.05) is 78.9 Å². The largest absolute Gasteiger partial charge is 0.465 e. The number of carbonyl (C=O) groups is 2. The first-order valence-corrected chi connectivity index (χ1v) is 14.5. The highest BCUT2D eigenvalue weighted by atomic mass is 16.5. The number of rotatable bonds is 9. The highest BCUT2D eigenvalue weighted by Crippen LogP contribution is 2.38. The normalized spacial score (nSPS) is 13.5. The first-order chi connectivity index (χ1) is 21.4. The van der Waals surface area contributed by atoms with E-state index in [0.29, 0.717) is 40.9 Å². The fraction of sp³-hybridized carbons (Fsp3) is 0.105. The maximum Gasteiger partial charge on any atom is 0.337 e. The lowest BCUT2D eigenvalue weighted by atomic mass is 9.80. The minimum atomic E-state index is -0.635. The number of nitrogens with one attached hydrogen (secondary N) is 2. The van der Waals surface area contributed by atoms with Gasteiger partial charge in [0.05, 0.1) is 29.6 Å². The molecule has 1 amide bonds. The van der Waals surface area contributed by atoms with Gasteiger partial charge in [-0.15, -0.1) is 0 Å². The maximum atomic E-state index is 13.4. The minimum absolute atomic E-state index is 0.253. The number of esters is 1. The van der Waals surface area contributed by atoms with Gasteiger partial charge in [0.25, 0.3) is 5.91 Å². The van der Waals surface area contributed by atoms with Crippen molar-refractivity contribution in [2.75, 3.05) is 17.7 Å². The van der Waals surface area contributed by atoms with Crippen LogP contribution < -0.4 is 16.4 Å². The van der Waals surface area contributed by atoms with Crippen LogP contribution >= 0.6 is 0 Å². The molecule has 0 aromatic heterocycles. The third-order valence-electron chi connectivity index (χ3n) is 7.95. The van der Waals surface area contributed by atoms with Crippen molar-refractivity contribution >= 4 is 34.5 Å². The van der Waals surface area contributed by atoms with Gasteiger partial charge in [-0.05, 0) is 59.4 Å². The van der Waals surface area contributed by atoms with Crippen molar-refractivity contribution in [2.24, 2.45) is 5.73 Å². The molecule has 218 valence electrons. The molecule has 1 heterocycles. The van der Waals surface area contributed by atoms with Gasteiger partial charge in [-0.2, -0.15) is 0 Å². The minimum Gasteiger partial charge on any atom is -0.465 e. The van der Waals surface area contributed by atoms with Crippen LogP contribution in [0.1, 0.15) is 38.2 Å². The van der Waals surface area contributed by atoms with Gasteiger partial charge in [-0.25, -0.2) is 4.79 Å². The zero-order valence-electron chi connectivity index (χ0n) is 24.4. The van der Waals surface area contributed by atoms with Crippen molar-refractivity contribution < 1.29 is 14.3 Å². The number of ether oxygens (including phenoxy) is 1. The van der Waals surface area contributed by atoms with Crippen LogP contribution in [0.5, 0.6) is 0 Å². The van der Waals surface area contributed by atoms with Crippen LogP contribution in [-0.2, 0) is 27.9 Å². The Kier molecular flexibility index (Phi) is 8.08. The smallest absolute Gasteiger partial charge is 0.337 e. The van der Waals surface area contributed by atoms with Crippen molar-refractivity contribution in [3.63, 3.8) is 0 Å². The summed E-state index contributed by atoms with van der Waals surface area (Å²) < 4.78 is 4.86. The van der Waals surface area contributed by atoms with Crippen molar-refractivity contribution in [3.8, 4) is 0 Å². The third kappa shape index (κ3) is 6.02. The molecule has 6 rings (SSSR count). The first-order valence-electron chi connectivity index (χ1n) is 14.5. The Bertz CT molecular complexity index is 1780. The summed E-state index contributed by atoms with van der Waals surface area (Å²) in [5.41, 5.74) is 14.4.